The van der Waals surface area contributed by atoms with E-state index in [1.54, 1.807) is 46.8 Å². The van der Waals surface area contributed by atoms with Gasteiger partial charge in [0, 0.05) is 23.6 Å². The van der Waals surface area contributed by atoms with Gasteiger partial charge in [0.1, 0.15) is 0 Å². The van der Waals surface area contributed by atoms with Crippen LogP contribution in [0.5, 0.6) is 0 Å². The molecule has 0 spiro atoms. The number of piperidine rings is 1. The first kappa shape index (κ1) is 31.5. The van der Waals surface area contributed by atoms with Crippen LogP contribution in [0, 0.1) is 6.92 Å². The molecule has 4 aromatic rings. The molecule has 0 amide bonds. The quantitative estimate of drug-likeness (QED) is 0.198. The Bertz CT molecular complexity index is 1920. The maximum Gasteiger partial charge on any atom is 0.244 e. The summed E-state index contributed by atoms with van der Waals surface area (Å²) in [5.74, 6) is 0.629. The molecule has 3 atom stereocenters. The van der Waals surface area contributed by atoms with Gasteiger partial charge < -0.3 is 4.74 Å². The maximum atomic E-state index is 14.7. The van der Waals surface area contributed by atoms with Gasteiger partial charge in [0.05, 0.1) is 40.3 Å². The highest BCUT2D eigenvalue weighted by molar-refractivity contribution is 7.89. The van der Waals surface area contributed by atoms with Crippen LogP contribution in [0.4, 0.5) is 0 Å². The van der Waals surface area contributed by atoms with E-state index in [0.717, 1.165) is 16.7 Å². The average Bonchev–Trinajstić information content (AvgIpc) is 3.05. The van der Waals surface area contributed by atoms with Gasteiger partial charge in [-0.2, -0.15) is 8.61 Å². The Labute approximate surface area is 270 Å². The van der Waals surface area contributed by atoms with Crippen LogP contribution in [-0.2, 0) is 24.8 Å². The van der Waals surface area contributed by atoms with Gasteiger partial charge >= 0.3 is 0 Å². The molecule has 3 unspecified atom stereocenters. The lowest BCUT2D eigenvalue weighted by Crippen LogP contribution is -2.54. The number of aryl methyl sites for hydroxylation is 1. The van der Waals surface area contributed by atoms with E-state index >= 15 is 0 Å². The van der Waals surface area contributed by atoms with Crippen LogP contribution in [0.3, 0.4) is 0 Å². The first-order valence-corrected chi connectivity index (χ1v) is 18.2. The molecule has 2 aliphatic rings. The van der Waals surface area contributed by atoms with Crippen LogP contribution < -0.4 is 0 Å². The standard InChI is InChI=1S/C35H35ClN2O5S2/c1-3-43-35-23-33(27-13-8-5-9-14-27)38(45(41,42)30-16-10-15-28(36)21-30)34-22-32(26-11-6-4-7-12-26)37(24-31(34)35)44(39,40)29-19-17-25(2)18-20-29/h4-21,32-34H,3,22-24H2,1-2H3. The summed E-state index contributed by atoms with van der Waals surface area (Å²) in [5.41, 5.74) is 3.21. The average molecular weight is 663 g/mol. The molecule has 1 saturated heterocycles. The van der Waals surface area contributed by atoms with Crippen LogP contribution in [0.1, 0.15) is 48.5 Å². The summed E-state index contributed by atoms with van der Waals surface area (Å²) in [6.07, 6.45) is 0.460. The molecular formula is C35H35ClN2O5S2. The van der Waals surface area contributed by atoms with Crippen molar-refractivity contribution in [3.8, 4) is 0 Å². The van der Waals surface area contributed by atoms with Crippen molar-refractivity contribution in [3.63, 3.8) is 0 Å². The van der Waals surface area contributed by atoms with E-state index in [1.807, 2.05) is 74.5 Å². The Balaban J connectivity index is 1.56. The lowest BCUT2D eigenvalue weighted by molar-refractivity contribution is 0.118. The summed E-state index contributed by atoms with van der Waals surface area (Å²) >= 11 is 6.30. The second-order valence-electron chi connectivity index (χ2n) is 11.3. The SMILES string of the molecule is CCOC1=C2CN(S(=O)(=O)c3ccc(C)cc3)C(c3ccccc3)CC2N(S(=O)(=O)c2cccc(Cl)c2)C(c2ccccc2)C1. The minimum Gasteiger partial charge on any atom is -0.498 e. The van der Waals surface area contributed by atoms with Gasteiger partial charge in [-0.05, 0) is 61.7 Å². The molecule has 4 aromatic carbocycles. The van der Waals surface area contributed by atoms with Crippen molar-refractivity contribution in [1.29, 1.82) is 0 Å². The zero-order valence-corrected chi connectivity index (χ0v) is 27.5. The van der Waals surface area contributed by atoms with Gasteiger partial charge in [0.25, 0.3) is 0 Å². The van der Waals surface area contributed by atoms with Crippen molar-refractivity contribution in [3.05, 3.63) is 142 Å². The summed E-state index contributed by atoms with van der Waals surface area (Å²) in [4.78, 5) is 0.272. The normalized spacial score (nSPS) is 21.4. The number of ether oxygens (including phenoxy) is 1. The predicted octanol–water partition coefficient (Wildman–Crippen LogP) is 7.28. The Morgan fingerprint density at radius 1 is 0.733 bits per heavy atom. The number of rotatable bonds is 8. The highest BCUT2D eigenvalue weighted by Gasteiger charge is 2.51. The highest BCUT2D eigenvalue weighted by atomic mass is 35.5. The molecule has 0 aliphatic carbocycles. The minimum atomic E-state index is -4.11. The first-order valence-electron chi connectivity index (χ1n) is 14.9. The van der Waals surface area contributed by atoms with Crippen molar-refractivity contribution in [2.75, 3.05) is 13.2 Å². The lowest BCUT2D eigenvalue weighted by atomic mass is 9.84. The predicted molar refractivity (Wildman–Crippen MR) is 176 cm³/mol. The highest BCUT2D eigenvalue weighted by Crippen LogP contribution is 2.49. The molecular weight excluding hydrogens is 628 g/mol. The summed E-state index contributed by atoms with van der Waals surface area (Å²) in [6, 6.07) is 30.1. The minimum absolute atomic E-state index is 0.0150. The Morgan fingerprint density at radius 2 is 1.36 bits per heavy atom. The molecule has 2 heterocycles. The van der Waals surface area contributed by atoms with E-state index in [2.05, 4.69) is 0 Å². The van der Waals surface area contributed by atoms with Gasteiger partial charge in [0.2, 0.25) is 20.0 Å². The smallest absolute Gasteiger partial charge is 0.244 e. The fourth-order valence-electron chi connectivity index (χ4n) is 6.43. The summed E-state index contributed by atoms with van der Waals surface area (Å²) in [5, 5.41) is 0.316. The molecule has 1 fully saturated rings. The van der Waals surface area contributed by atoms with Gasteiger partial charge in [-0.1, -0.05) is 96.0 Å². The number of sulfonamides is 2. The molecule has 234 valence electrons. The van der Waals surface area contributed by atoms with E-state index in [0.29, 0.717) is 23.0 Å². The molecule has 0 radical (unpaired) electrons. The maximum absolute atomic E-state index is 14.7. The van der Waals surface area contributed by atoms with E-state index < -0.39 is 38.2 Å². The van der Waals surface area contributed by atoms with Gasteiger partial charge in [0.15, 0.2) is 0 Å². The third-order valence-corrected chi connectivity index (χ3v) is 12.6. The van der Waals surface area contributed by atoms with Crippen LogP contribution in [0.15, 0.2) is 130 Å². The molecule has 2 aliphatic heterocycles. The Kier molecular flexibility index (Phi) is 8.91. The van der Waals surface area contributed by atoms with Gasteiger partial charge in [-0.15, -0.1) is 0 Å². The molecule has 0 N–H and O–H groups in total. The number of hydrogen-bond donors (Lipinski definition) is 0. The van der Waals surface area contributed by atoms with Crippen LogP contribution in [0.25, 0.3) is 0 Å². The Morgan fingerprint density at radius 3 is 1.96 bits per heavy atom. The molecule has 7 nitrogen and oxygen atoms in total. The lowest BCUT2D eigenvalue weighted by Gasteiger charge is -2.49. The molecule has 0 bridgehead atoms. The van der Waals surface area contributed by atoms with Crippen molar-refractivity contribution >= 4 is 31.6 Å². The largest absolute Gasteiger partial charge is 0.498 e. The van der Waals surface area contributed by atoms with Crippen LogP contribution in [-0.4, -0.2) is 44.6 Å². The number of halogens is 1. The fraction of sp³-hybridized carbons (Fsp3) is 0.257. The summed E-state index contributed by atoms with van der Waals surface area (Å²) in [6.45, 7) is 4.14. The summed E-state index contributed by atoms with van der Waals surface area (Å²) in [7, 11) is -8.10. The second-order valence-corrected chi connectivity index (χ2v) is 15.5. The molecule has 0 saturated carbocycles. The number of benzene rings is 4. The van der Waals surface area contributed by atoms with E-state index in [4.69, 9.17) is 16.3 Å². The fourth-order valence-corrected chi connectivity index (χ4v) is 10.1. The van der Waals surface area contributed by atoms with E-state index in [1.165, 1.54) is 10.4 Å². The van der Waals surface area contributed by atoms with Crippen molar-refractivity contribution in [2.45, 2.75) is 54.6 Å². The van der Waals surface area contributed by atoms with Crippen molar-refractivity contribution in [2.24, 2.45) is 0 Å². The first-order chi connectivity index (χ1) is 21.6. The third kappa shape index (κ3) is 6.07. The van der Waals surface area contributed by atoms with E-state index in [9.17, 15) is 16.8 Å². The van der Waals surface area contributed by atoms with Gasteiger partial charge in [-0.25, -0.2) is 16.8 Å². The van der Waals surface area contributed by atoms with Crippen molar-refractivity contribution in [1.82, 2.24) is 8.61 Å². The third-order valence-electron chi connectivity index (χ3n) is 8.56. The number of hydrogen-bond acceptors (Lipinski definition) is 5. The second kappa shape index (κ2) is 12.7. The Hall–Kier alpha value is -3.47. The number of nitrogens with zero attached hydrogens (tertiary/aromatic N) is 2. The van der Waals surface area contributed by atoms with Crippen molar-refractivity contribution < 1.29 is 21.6 Å². The van der Waals surface area contributed by atoms with E-state index in [-0.39, 0.29) is 29.2 Å². The zero-order valence-electron chi connectivity index (χ0n) is 25.1. The van der Waals surface area contributed by atoms with Crippen LogP contribution in [0.2, 0.25) is 5.02 Å². The molecule has 10 heteroatoms. The molecule has 6 rings (SSSR count). The zero-order chi connectivity index (χ0) is 31.8. The van der Waals surface area contributed by atoms with Gasteiger partial charge in [-0.3, -0.25) is 0 Å². The topological polar surface area (TPSA) is 84.0 Å². The molecule has 45 heavy (non-hydrogen) atoms. The van der Waals surface area contributed by atoms with Crippen LogP contribution >= 0.6 is 11.6 Å². The summed E-state index contributed by atoms with van der Waals surface area (Å²) < 4.78 is 67.4. The monoisotopic (exact) mass is 662 g/mol. The molecule has 0 aromatic heterocycles. The number of fused-ring (bicyclic) bond motifs is 1.